The van der Waals surface area contributed by atoms with E-state index in [0.29, 0.717) is 29.6 Å². The van der Waals surface area contributed by atoms with Gasteiger partial charge in [0.25, 0.3) is 11.8 Å². The smallest absolute Gasteiger partial charge is 0.268 e. The van der Waals surface area contributed by atoms with E-state index >= 15 is 0 Å². The average Bonchev–Trinajstić information content (AvgIpc) is 3.32. The van der Waals surface area contributed by atoms with Gasteiger partial charge < -0.3 is 9.32 Å². The molecule has 0 aliphatic heterocycles. The number of carbonyl (C=O) groups excluding carboxylic acids is 1. The number of rotatable bonds is 6. The monoisotopic (exact) mass is 395 g/mol. The Morgan fingerprint density at radius 2 is 1.83 bits per heavy atom. The fraction of sp³-hybridized carbons (Fsp3) is 0.455. The van der Waals surface area contributed by atoms with Gasteiger partial charge in [-0.2, -0.15) is 5.10 Å². The summed E-state index contributed by atoms with van der Waals surface area (Å²) < 4.78 is 7.43. The summed E-state index contributed by atoms with van der Waals surface area (Å²) in [7, 11) is 0. The van der Waals surface area contributed by atoms with Gasteiger partial charge in [0.15, 0.2) is 0 Å². The van der Waals surface area contributed by atoms with E-state index in [1.807, 2.05) is 46.8 Å². The fourth-order valence-corrected chi connectivity index (χ4v) is 3.22. The van der Waals surface area contributed by atoms with E-state index in [0.717, 1.165) is 24.3 Å². The Bertz CT molecular complexity index is 980. The number of hydrogen-bond acceptors (Lipinski definition) is 5. The van der Waals surface area contributed by atoms with Crippen LogP contribution in [0.2, 0.25) is 0 Å². The van der Waals surface area contributed by atoms with E-state index in [-0.39, 0.29) is 11.3 Å². The molecule has 0 atom stereocenters. The Labute approximate surface area is 171 Å². The summed E-state index contributed by atoms with van der Waals surface area (Å²) in [5.74, 6) is 0.957. The van der Waals surface area contributed by atoms with Gasteiger partial charge in [0.05, 0.1) is 11.4 Å². The number of aromatic nitrogens is 4. The molecule has 0 N–H and O–H groups in total. The van der Waals surface area contributed by atoms with Crippen molar-refractivity contribution in [3.05, 3.63) is 47.5 Å². The zero-order valence-electron chi connectivity index (χ0n) is 18.1. The van der Waals surface area contributed by atoms with Crippen molar-refractivity contribution in [2.75, 3.05) is 13.1 Å². The number of carbonyl (C=O) groups is 1. The van der Waals surface area contributed by atoms with Gasteiger partial charge >= 0.3 is 0 Å². The molecule has 7 heteroatoms. The lowest BCUT2D eigenvalue weighted by atomic mass is 9.91. The van der Waals surface area contributed by atoms with Crippen LogP contribution in [-0.2, 0) is 5.41 Å². The molecule has 2 aromatic heterocycles. The van der Waals surface area contributed by atoms with Crippen molar-refractivity contribution in [2.45, 2.75) is 53.4 Å². The minimum Gasteiger partial charge on any atom is -0.420 e. The third kappa shape index (κ3) is 4.39. The molecule has 3 aromatic rings. The summed E-state index contributed by atoms with van der Waals surface area (Å²) in [6.45, 7) is 13.7. The molecular formula is C22H29N5O2. The predicted molar refractivity (Wildman–Crippen MR) is 112 cm³/mol. The van der Waals surface area contributed by atoms with E-state index in [1.165, 1.54) is 0 Å². The molecular weight excluding hydrogens is 366 g/mol. The van der Waals surface area contributed by atoms with E-state index in [1.54, 1.807) is 6.92 Å². The van der Waals surface area contributed by atoms with E-state index < -0.39 is 0 Å². The van der Waals surface area contributed by atoms with Gasteiger partial charge in [-0.3, -0.25) is 4.79 Å². The Kier molecular flexibility index (Phi) is 5.86. The first-order valence-corrected chi connectivity index (χ1v) is 10.0. The molecule has 0 spiro atoms. The molecule has 1 aromatic carbocycles. The maximum Gasteiger partial charge on any atom is 0.268 e. The molecule has 154 valence electrons. The van der Waals surface area contributed by atoms with Crippen molar-refractivity contribution in [2.24, 2.45) is 0 Å². The second-order valence-electron chi connectivity index (χ2n) is 8.13. The average molecular weight is 396 g/mol. The highest BCUT2D eigenvalue weighted by atomic mass is 16.4. The standard InChI is InChI=1S/C22H29N5O2/c1-7-13-26(8-2)21(28)16-9-11-17(12-10-16)27-19(22(4,5)6)14-18(25-27)20-24-23-15(3)29-20/h9-12,14H,7-8,13H2,1-6H3. The Balaban J connectivity index is 1.97. The van der Waals surface area contributed by atoms with Crippen molar-refractivity contribution < 1.29 is 9.21 Å². The van der Waals surface area contributed by atoms with Crippen molar-refractivity contribution in [1.29, 1.82) is 0 Å². The maximum atomic E-state index is 12.7. The lowest BCUT2D eigenvalue weighted by Gasteiger charge is -2.21. The van der Waals surface area contributed by atoms with Crippen molar-refractivity contribution in [3.63, 3.8) is 0 Å². The van der Waals surface area contributed by atoms with Crippen LogP contribution in [0, 0.1) is 6.92 Å². The first kappa shape index (κ1) is 20.8. The lowest BCUT2D eigenvalue weighted by Crippen LogP contribution is -2.31. The highest BCUT2D eigenvalue weighted by molar-refractivity contribution is 5.94. The summed E-state index contributed by atoms with van der Waals surface area (Å²) in [6.07, 6.45) is 0.942. The molecule has 0 aliphatic carbocycles. The van der Waals surface area contributed by atoms with Crippen molar-refractivity contribution in [1.82, 2.24) is 24.9 Å². The van der Waals surface area contributed by atoms with Gasteiger partial charge in [-0.1, -0.05) is 27.7 Å². The van der Waals surface area contributed by atoms with Crippen LogP contribution in [0.15, 0.2) is 34.7 Å². The first-order chi connectivity index (χ1) is 13.7. The number of aryl methyl sites for hydroxylation is 1. The van der Waals surface area contributed by atoms with Crippen LogP contribution in [0.3, 0.4) is 0 Å². The van der Waals surface area contributed by atoms with E-state index in [4.69, 9.17) is 9.52 Å². The third-order valence-corrected chi connectivity index (χ3v) is 4.74. The number of benzene rings is 1. The van der Waals surface area contributed by atoms with Crippen LogP contribution in [0.5, 0.6) is 0 Å². The number of nitrogens with zero attached hydrogens (tertiary/aromatic N) is 5. The Morgan fingerprint density at radius 3 is 2.34 bits per heavy atom. The van der Waals surface area contributed by atoms with Gasteiger partial charge in [-0.15, -0.1) is 10.2 Å². The van der Waals surface area contributed by atoms with Crippen LogP contribution in [0.1, 0.15) is 63.0 Å². The van der Waals surface area contributed by atoms with Crippen LogP contribution in [-0.4, -0.2) is 43.9 Å². The van der Waals surface area contributed by atoms with Gasteiger partial charge in [-0.05, 0) is 43.7 Å². The third-order valence-electron chi connectivity index (χ3n) is 4.74. The largest absolute Gasteiger partial charge is 0.420 e. The molecule has 0 fully saturated rings. The normalized spacial score (nSPS) is 11.7. The van der Waals surface area contributed by atoms with Crippen molar-refractivity contribution >= 4 is 5.91 Å². The molecule has 0 saturated carbocycles. The molecule has 2 heterocycles. The van der Waals surface area contributed by atoms with Gasteiger partial charge in [-0.25, -0.2) is 4.68 Å². The molecule has 3 rings (SSSR count). The Morgan fingerprint density at radius 1 is 1.14 bits per heavy atom. The van der Waals surface area contributed by atoms with E-state index in [9.17, 15) is 4.79 Å². The Hall–Kier alpha value is -2.96. The first-order valence-electron chi connectivity index (χ1n) is 10.0. The summed E-state index contributed by atoms with van der Waals surface area (Å²) in [4.78, 5) is 14.6. The summed E-state index contributed by atoms with van der Waals surface area (Å²) in [5.41, 5.74) is 3.07. The molecule has 0 radical (unpaired) electrons. The predicted octanol–water partition coefficient (Wildman–Crippen LogP) is 4.40. The SMILES string of the molecule is CCCN(CC)C(=O)c1ccc(-n2nc(-c3nnc(C)o3)cc2C(C)(C)C)cc1. The summed E-state index contributed by atoms with van der Waals surface area (Å²) >= 11 is 0. The highest BCUT2D eigenvalue weighted by Gasteiger charge is 2.24. The molecule has 7 nitrogen and oxygen atoms in total. The fourth-order valence-electron chi connectivity index (χ4n) is 3.22. The maximum absolute atomic E-state index is 12.7. The van der Waals surface area contributed by atoms with Crippen LogP contribution in [0.25, 0.3) is 17.3 Å². The molecule has 0 unspecified atom stereocenters. The van der Waals surface area contributed by atoms with Crippen molar-refractivity contribution in [3.8, 4) is 17.3 Å². The zero-order chi connectivity index (χ0) is 21.2. The topological polar surface area (TPSA) is 77.1 Å². The molecule has 0 bridgehead atoms. The zero-order valence-corrected chi connectivity index (χ0v) is 18.1. The van der Waals surface area contributed by atoms with Crippen LogP contribution in [0.4, 0.5) is 0 Å². The van der Waals surface area contributed by atoms with E-state index in [2.05, 4.69) is 37.9 Å². The number of hydrogen-bond donors (Lipinski definition) is 0. The molecule has 1 amide bonds. The number of amides is 1. The second-order valence-corrected chi connectivity index (χ2v) is 8.13. The van der Waals surface area contributed by atoms with Gasteiger partial charge in [0, 0.05) is 31.0 Å². The van der Waals surface area contributed by atoms with Gasteiger partial charge in [0.2, 0.25) is 5.89 Å². The minimum atomic E-state index is -0.144. The summed E-state index contributed by atoms with van der Waals surface area (Å²) in [6, 6.07) is 9.56. The van der Waals surface area contributed by atoms with Gasteiger partial charge in [0.1, 0.15) is 5.69 Å². The molecule has 0 saturated heterocycles. The van der Waals surface area contributed by atoms with Crippen LogP contribution < -0.4 is 0 Å². The second kappa shape index (κ2) is 8.19. The molecule has 29 heavy (non-hydrogen) atoms. The quantitative estimate of drug-likeness (QED) is 0.618. The minimum absolute atomic E-state index is 0.0550. The van der Waals surface area contributed by atoms with Crippen LogP contribution >= 0.6 is 0 Å². The molecule has 0 aliphatic rings. The summed E-state index contributed by atoms with van der Waals surface area (Å²) in [5, 5.41) is 12.7. The lowest BCUT2D eigenvalue weighted by molar-refractivity contribution is 0.0764. The highest BCUT2D eigenvalue weighted by Crippen LogP contribution is 2.29.